The number of ether oxygens (including phenoxy) is 3. The van der Waals surface area contributed by atoms with Crippen LogP contribution in [0.1, 0.15) is 43.7 Å². The molecule has 22 heavy (non-hydrogen) atoms. The topological polar surface area (TPSA) is 30.9 Å². The van der Waals surface area contributed by atoms with Gasteiger partial charge in [0.2, 0.25) is 0 Å². The fourth-order valence-corrected chi connectivity index (χ4v) is 3.46. The summed E-state index contributed by atoms with van der Waals surface area (Å²) >= 11 is 0. The molecule has 1 aromatic rings. The summed E-state index contributed by atoms with van der Waals surface area (Å²) in [6.07, 6.45) is 5.92. The van der Waals surface area contributed by atoms with Gasteiger partial charge in [0.05, 0.1) is 13.7 Å². The van der Waals surface area contributed by atoms with Crippen molar-refractivity contribution in [2.75, 3.05) is 33.4 Å². The molecule has 0 aromatic heterocycles. The van der Waals surface area contributed by atoms with Gasteiger partial charge in [0.25, 0.3) is 0 Å². The molecule has 2 fully saturated rings. The van der Waals surface area contributed by atoms with E-state index >= 15 is 0 Å². The van der Waals surface area contributed by atoms with Gasteiger partial charge in [0.1, 0.15) is 5.75 Å². The average Bonchev–Trinajstić information content (AvgIpc) is 3.04. The fourth-order valence-electron chi connectivity index (χ4n) is 3.46. The molecule has 2 aliphatic rings. The molecule has 0 amide bonds. The molecule has 1 aromatic carbocycles. The van der Waals surface area contributed by atoms with Crippen molar-refractivity contribution in [2.45, 2.75) is 44.4 Å². The van der Waals surface area contributed by atoms with Gasteiger partial charge >= 0.3 is 0 Å². The van der Waals surface area contributed by atoms with Crippen LogP contribution < -0.4 is 4.74 Å². The summed E-state index contributed by atoms with van der Waals surface area (Å²) in [4.78, 5) is 2.53. The average molecular weight is 305 g/mol. The van der Waals surface area contributed by atoms with Crippen molar-refractivity contribution < 1.29 is 14.2 Å². The van der Waals surface area contributed by atoms with Gasteiger partial charge in [0.15, 0.2) is 6.29 Å². The Morgan fingerprint density at radius 3 is 3.00 bits per heavy atom. The smallest absolute Gasteiger partial charge is 0.157 e. The molecule has 4 nitrogen and oxygen atoms in total. The van der Waals surface area contributed by atoms with Gasteiger partial charge in [-0.3, -0.25) is 4.90 Å². The Kier molecular flexibility index (Phi) is 5.70. The van der Waals surface area contributed by atoms with Crippen LogP contribution in [0.3, 0.4) is 0 Å². The zero-order valence-corrected chi connectivity index (χ0v) is 13.5. The monoisotopic (exact) mass is 305 g/mol. The summed E-state index contributed by atoms with van der Waals surface area (Å²) in [5.74, 6) is 0.941. The fraction of sp³-hybridized carbons (Fsp3) is 0.667. The minimum Gasteiger partial charge on any atom is -0.497 e. The highest BCUT2D eigenvalue weighted by atomic mass is 16.7. The van der Waals surface area contributed by atoms with Gasteiger partial charge < -0.3 is 14.2 Å². The van der Waals surface area contributed by atoms with Gasteiger partial charge in [-0.05, 0) is 56.3 Å². The largest absolute Gasteiger partial charge is 0.497 e. The summed E-state index contributed by atoms with van der Waals surface area (Å²) in [6.45, 7) is 3.73. The van der Waals surface area contributed by atoms with Crippen molar-refractivity contribution in [2.24, 2.45) is 0 Å². The minimum atomic E-state index is 0.0200. The van der Waals surface area contributed by atoms with Crippen LogP contribution in [0.2, 0.25) is 0 Å². The maximum absolute atomic E-state index is 5.89. The van der Waals surface area contributed by atoms with Crippen LogP contribution in [0.15, 0.2) is 24.3 Å². The van der Waals surface area contributed by atoms with Crippen molar-refractivity contribution in [3.63, 3.8) is 0 Å². The van der Waals surface area contributed by atoms with Crippen LogP contribution in [0, 0.1) is 0 Å². The minimum absolute atomic E-state index is 0.0200. The first-order chi connectivity index (χ1) is 10.9. The summed E-state index contributed by atoms with van der Waals surface area (Å²) in [5, 5.41) is 0. The Morgan fingerprint density at radius 2 is 2.18 bits per heavy atom. The third-order valence-corrected chi connectivity index (χ3v) is 4.66. The molecule has 122 valence electrons. The summed E-state index contributed by atoms with van der Waals surface area (Å²) < 4.78 is 16.9. The van der Waals surface area contributed by atoms with Crippen LogP contribution in [-0.2, 0) is 9.47 Å². The SMILES string of the molecule is COc1cccc(C2CCCN2CCOC2CCCCO2)c1. The Bertz CT molecular complexity index is 459. The summed E-state index contributed by atoms with van der Waals surface area (Å²) in [6, 6.07) is 8.94. The molecule has 2 atom stereocenters. The molecule has 0 aliphatic carbocycles. The highest BCUT2D eigenvalue weighted by Gasteiger charge is 2.26. The zero-order valence-electron chi connectivity index (χ0n) is 13.5. The number of methoxy groups -OCH3 is 1. The Morgan fingerprint density at radius 1 is 1.23 bits per heavy atom. The molecule has 0 radical (unpaired) electrons. The molecule has 2 saturated heterocycles. The predicted octanol–water partition coefficient (Wildman–Crippen LogP) is 3.38. The third kappa shape index (κ3) is 4.00. The number of nitrogens with zero attached hydrogens (tertiary/aromatic N) is 1. The van der Waals surface area contributed by atoms with E-state index in [1.165, 1.54) is 31.2 Å². The Hall–Kier alpha value is -1.10. The second-order valence-corrected chi connectivity index (χ2v) is 6.14. The first kappa shape index (κ1) is 15.8. The van der Waals surface area contributed by atoms with E-state index in [2.05, 4.69) is 23.1 Å². The van der Waals surface area contributed by atoms with Crippen LogP contribution in [0.5, 0.6) is 5.75 Å². The molecule has 3 rings (SSSR count). The van der Waals surface area contributed by atoms with Gasteiger partial charge in [-0.15, -0.1) is 0 Å². The lowest BCUT2D eigenvalue weighted by Crippen LogP contribution is -2.30. The van der Waals surface area contributed by atoms with E-state index in [1.807, 2.05) is 6.07 Å². The lowest BCUT2D eigenvalue weighted by Gasteiger charge is -2.27. The van der Waals surface area contributed by atoms with E-state index in [1.54, 1.807) is 7.11 Å². The second kappa shape index (κ2) is 7.95. The molecule has 2 unspecified atom stereocenters. The molecule has 0 spiro atoms. The van der Waals surface area contributed by atoms with E-state index in [0.29, 0.717) is 6.04 Å². The standard InChI is InChI=1S/C18H27NO3/c1-20-16-7-4-6-15(14-16)17-8-5-10-19(17)11-13-22-18-9-2-3-12-21-18/h4,6-7,14,17-18H,2-3,5,8-13H2,1H3. The molecule has 2 heterocycles. The van der Waals surface area contributed by atoms with Crippen molar-refractivity contribution >= 4 is 0 Å². The molecule has 0 N–H and O–H groups in total. The molecule has 4 heteroatoms. The lowest BCUT2D eigenvalue weighted by molar-refractivity contribution is -0.164. The maximum atomic E-state index is 5.89. The van der Waals surface area contributed by atoms with Gasteiger partial charge in [0, 0.05) is 19.2 Å². The predicted molar refractivity (Wildman–Crippen MR) is 86.1 cm³/mol. The van der Waals surface area contributed by atoms with E-state index < -0.39 is 0 Å². The lowest BCUT2D eigenvalue weighted by atomic mass is 10.0. The van der Waals surface area contributed by atoms with E-state index in [9.17, 15) is 0 Å². The van der Waals surface area contributed by atoms with Crippen LogP contribution in [0.4, 0.5) is 0 Å². The summed E-state index contributed by atoms with van der Waals surface area (Å²) in [5.41, 5.74) is 1.35. The molecular formula is C18H27NO3. The maximum Gasteiger partial charge on any atom is 0.157 e. The Labute approximate surface area is 133 Å². The van der Waals surface area contributed by atoms with E-state index in [-0.39, 0.29) is 6.29 Å². The first-order valence-corrected chi connectivity index (χ1v) is 8.48. The first-order valence-electron chi connectivity index (χ1n) is 8.48. The molecular weight excluding hydrogens is 278 g/mol. The van der Waals surface area contributed by atoms with Gasteiger partial charge in [-0.1, -0.05) is 12.1 Å². The highest BCUT2D eigenvalue weighted by Crippen LogP contribution is 2.33. The van der Waals surface area contributed by atoms with Crippen LogP contribution in [-0.4, -0.2) is 44.6 Å². The van der Waals surface area contributed by atoms with E-state index in [0.717, 1.165) is 38.5 Å². The number of likely N-dealkylation sites (tertiary alicyclic amines) is 1. The quantitative estimate of drug-likeness (QED) is 0.806. The van der Waals surface area contributed by atoms with Crippen LogP contribution in [0.25, 0.3) is 0 Å². The Balaban J connectivity index is 1.51. The normalized spacial score (nSPS) is 26.2. The third-order valence-electron chi connectivity index (χ3n) is 4.66. The molecule has 2 aliphatic heterocycles. The van der Waals surface area contributed by atoms with E-state index in [4.69, 9.17) is 14.2 Å². The van der Waals surface area contributed by atoms with Crippen molar-refractivity contribution in [1.82, 2.24) is 4.90 Å². The van der Waals surface area contributed by atoms with Crippen molar-refractivity contribution in [3.05, 3.63) is 29.8 Å². The van der Waals surface area contributed by atoms with Gasteiger partial charge in [-0.25, -0.2) is 0 Å². The molecule has 0 saturated carbocycles. The zero-order chi connectivity index (χ0) is 15.2. The van der Waals surface area contributed by atoms with Crippen molar-refractivity contribution in [3.8, 4) is 5.75 Å². The van der Waals surface area contributed by atoms with Gasteiger partial charge in [-0.2, -0.15) is 0 Å². The number of benzene rings is 1. The number of rotatable bonds is 6. The number of hydrogen-bond donors (Lipinski definition) is 0. The number of hydrogen-bond acceptors (Lipinski definition) is 4. The second-order valence-electron chi connectivity index (χ2n) is 6.14. The van der Waals surface area contributed by atoms with Crippen LogP contribution >= 0.6 is 0 Å². The highest BCUT2D eigenvalue weighted by molar-refractivity contribution is 5.31. The van der Waals surface area contributed by atoms with Crippen molar-refractivity contribution in [1.29, 1.82) is 0 Å². The summed E-state index contributed by atoms with van der Waals surface area (Å²) in [7, 11) is 1.73. The molecule has 0 bridgehead atoms.